The highest BCUT2D eigenvalue weighted by Crippen LogP contribution is 2.15. The van der Waals surface area contributed by atoms with Crippen molar-refractivity contribution in [1.82, 2.24) is 9.97 Å². The number of allylic oxidation sites excluding steroid dienone is 2. The molecule has 2 rings (SSSR count). The second kappa shape index (κ2) is 5.41. The van der Waals surface area contributed by atoms with Gasteiger partial charge in [-0.25, -0.2) is 4.98 Å². The number of rotatable bonds is 3. The predicted octanol–water partition coefficient (Wildman–Crippen LogP) is 2.62. The van der Waals surface area contributed by atoms with E-state index in [4.69, 9.17) is 0 Å². The van der Waals surface area contributed by atoms with Crippen molar-refractivity contribution in [1.29, 1.82) is 0 Å². The number of ketones is 1. The van der Waals surface area contributed by atoms with Crippen molar-refractivity contribution < 1.29 is 4.79 Å². The van der Waals surface area contributed by atoms with Crippen molar-refractivity contribution >= 4 is 16.8 Å². The maximum Gasteiger partial charge on any atom is 0.270 e. The van der Waals surface area contributed by atoms with Crippen molar-refractivity contribution in [3.05, 3.63) is 51.0 Å². The number of nitrogens with zero attached hydrogens (tertiary/aromatic N) is 1. The Labute approximate surface area is 117 Å². The summed E-state index contributed by atoms with van der Waals surface area (Å²) in [6.07, 6.45) is 1.56. The van der Waals surface area contributed by atoms with Crippen LogP contribution in [-0.2, 0) is 11.2 Å². The molecule has 0 aliphatic carbocycles. The Bertz CT molecular complexity index is 766. The van der Waals surface area contributed by atoms with Crippen LogP contribution in [0.1, 0.15) is 30.7 Å². The lowest BCUT2D eigenvalue weighted by molar-refractivity contribution is -0.114. The molecule has 0 spiro atoms. The van der Waals surface area contributed by atoms with Gasteiger partial charge >= 0.3 is 0 Å². The van der Waals surface area contributed by atoms with Gasteiger partial charge in [-0.15, -0.1) is 0 Å². The third-order valence-corrected chi connectivity index (χ3v) is 3.17. The molecule has 4 nitrogen and oxygen atoms in total. The minimum Gasteiger partial charge on any atom is -0.319 e. The first-order chi connectivity index (χ1) is 9.36. The SMILES string of the molecule is CC(C)=CC(=O)Cc1nc2cc(C)c(C)cc2[nH]c1=O. The number of nitrogens with one attached hydrogen (secondary N) is 1. The molecule has 0 amide bonds. The Hall–Kier alpha value is -2.23. The molecule has 0 radical (unpaired) electrons. The summed E-state index contributed by atoms with van der Waals surface area (Å²) < 4.78 is 0. The first kappa shape index (κ1) is 14.2. The van der Waals surface area contributed by atoms with E-state index in [2.05, 4.69) is 9.97 Å². The number of hydrogen-bond acceptors (Lipinski definition) is 3. The van der Waals surface area contributed by atoms with Crippen molar-refractivity contribution in [2.45, 2.75) is 34.1 Å². The van der Waals surface area contributed by atoms with Crippen molar-refractivity contribution in [3.8, 4) is 0 Å². The van der Waals surface area contributed by atoms with Crippen LogP contribution in [-0.4, -0.2) is 15.8 Å². The van der Waals surface area contributed by atoms with Crippen LogP contribution in [0.3, 0.4) is 0 Å². The molecular weight excluding hydrogens is 252 g/mol. The quantitative estimate of drug-likeness (QED) is 0.872. The number of aromatic amines is 1. The molecule has 0 saturated carbocycles. The minimum absolute atomic E-state index is 0.0311. The Balaban J connectivity index is 2.48. The van der Waals surface area contributed by atoms with Gasteiger partial charge in [0.15, 0.2) is 5.78 Å². The lowest BCUT2D eigenvalue weighted by Gasteiger charge is -2.05. The van der Waals surface area contributed by atoms with Crippen LogP contribution < -0.4 is 5.56 Å². The van der Waals surface area contributed by atoms with Gasteiger partial charge in [-0.05, 0) is 57.0 Å². The molecule has 0 unspecified atom stereocenters. The number of aryl methyl sites for hydroxylation is 2. The fourth-order valence-corrected chi connectivity index (χ4v) is 2.04. The molecular formula is C16H18N2O2. The number of benzene rings is 1. The number of carbonyl (C=O) groups is 1. The van der Waals surface area contributed by atoms with Crippen LogP contribution in [0.2, 0.25) is 0 Å². The fraction of sp³-hybridized carbons (Fsp3) is 0.312. The lowest BCUT2D eigenvalue weighted by Crippen LogP contribution is -2.18. The van der Waals surface area contributed by atoms with Crippen molar-refractivity contribution in [2.75, 3.05) is 0 Å². The number of hydrogen-bond donors (Lipinski definition) is 1. The molecule has 0 bridgehead atoms. The van der Waals surface area contributed by atoms with Gasteiger partial charge in [0.25, 0.3) is 5.56 Å². The number of carbonyl (C=O) groups excluding carboxylic acids is 1. The van der Waals surface area contributed by atoms with E-state index >= 15 is 0 Å². The van der Waals surface area contributed by atoms with E-state index < -0.39 is 0 Å². The maximum absolute atomic E-state index is 12.0. The van der Waals surface area contributed by atoms with Gasteiger partial charge in [0, 0.05) is 0 Å². The van der Waals surface area contributed by atoms with Gasteiger partial charge in [-0.2, -0.15) is 0 Å². The average Bonchev–Trinajstić information content (AvgIpc) is 2.32. The van der Waals surface area contributed by atoms with Gasteiger partial charge in [0.1, 0.15) is 5.69 Å². The van der Waals surface area contributed by atoms with Gasteiger partial charge < -0.3 is 4.98 Å². The van der Waals surface area contributed by atoms with Crippen LogP contribution in [0.5, 0.6) is 0 Å². The minimum atomic E-state index is -0.295. The summed E-state index contributed by atoms with van der Waals surface area (Å²) in [7, 11) is 0. The Morgan fingerprint density at radius 3 is 2.55 bits per heavy atom. The Morgan fingerprint density at radius 1 is 1.25 bits per heavy atom. The zero-order valence-electron chi connectivity index (χ0n) is 12.2. The molecule has 0 atom stereocenters. The molecule has 4 heteroatoms. The molecule has 0 aliphatic heterocycles. The van der Waals surface area contributed by atoms with Gasteiger partial charge in [0.2, 0.25) is 0 Å². The Morgan fingerprint density at radius 2 is 1.90 bits per heavy atom. The second-order valence-corrected chi connectivity index (χ2v) is 5.33. The number of aromatic nitrogens is 2. The normalized spacial score (nSPS) is 10.6. The first-order valence-electron chi connectivity index (χ1n) is 6.54. The molecule has 1 aromatic heterocycles. The van der Waals surface area contributed by atoms with Crippen molar-refractivity contribution in [2.24, 2.45) is 0 Å². The van der Waals surface area contributed by atoms with E-state index in [0.717, 1.165) is 16.7 Å². The van der Waals surface area contributed by atoms with E-state index in [1.807, 2.05) is 39.8 Å². The van der Waals surface area contributed by atoms with E-state index in [-0.39, 0.29) is 23.5 Å². The molecule has 1 N–H and O–H groups in total. The van der Waals surface area contributed by atoms with Gasteiger partial charge in [-0.1, -0.05) is 5.57 Å². The smallest absolute Gasteiger partial charge is 0.270 e. The highest BCUT2D eigenvalue weighted by atomic mass is 16.1. The summed E-state index contributed by atoms with van der Waals surface area (Å²) in [5, 5.41) is 0. The monoisotopic (exact) mass is 270 g/mol. The van der Waals surface area contributed by atoms with Gasteiger partial charge in [-0.3, -0.25) is 9.59 Å². The zero-order valence-corrected chi connectivity index (χ0v) is 12.2. The molecule has 0 aliphatic rings. The van der Waals surface area contributed by atoms with E-state index in [1.165, 1.54) is 6.08 Å². The molecule has 20 heavy (non-hydrogen) atoms. The van der Waals surface area contributed by atoms with Crippen LogP contribution in [0.4, 0.5) is 0 Å². The standard InChI is InChI=1S/C16H18N2O2/c1-9(2)5-12(19)8-15-16(20)18-14-7-11(4)10(3)6-13(14)17-15/h5-7H,8H2,1-4H3,(H,18,20). The second-order valence-electron chi connectivity index (χ2n) is 5.33. The molecule has 1 aromatic carbocycles. The first-order valence-corrected chi connectivity index (χ1v) is 6.54. The number of H-pyrrole nitrogens is 1. The van der Waals surface area contributed by atoms with E-state index in [0.29, 0.717) is 11.0 Å². The van der Waals surface area contributed by atoms with Crippen LogP contribution in [0, 0.1) is 13.8 Å². The summed E-state index contributed by atoms with van der Waals surface area (Å²) in [6.45, 7) is 7.68. The summed E-state index contributed by atoms with van der Waals surface area (Å²) in [5.74, 6) is -0.105. The maximum atomic E-state index is 12.0. The fourth-order valence-electron chi connectivity index (χ4n) is 2.04. The molecule has 0 fully saturated rings. The third kappa shape index (κ3) is 3.02. The van der Waals surface area contributed by atoms with Gasteiger partial charge in [0.05, 0.1) is 17.5 Å². The molecule has 1 heterocycles. The topological polar surface area (TPSA) is 62.8 Å². The molecule has 2 aromatic rings. The lowest BCUT2D eigenvalue weighted by atomic mass is 10.1. The highest BCUT2D eigenvalue weighted by molar-refractivity contribution is 5.91. The van der Waals surface area contributed by atoms with E-state index in [1.54, 1.807) is 0 Å². The molecule has 104 valence electrons. The largest absolute Gasteiger partial charge is 0.319 e. The van der Waals surface area contributed by atoms with Crippen molar-refractivity contribution in [3.63, 3.8) is 0 Å². The third-order valence-electron chi connectivity index (χ3n) is 3.17. The van der Waals surface area contributed by atoms with E-state index in [9.17, 15) is 9.59 Å². The zero-order chi connectivity index (χ0) is 14.9. The average molecular weight is 270 g/mol. The molecule has 0 saturated heterocycles. The summed E-state index contributed by atoms with van der Waals surface area (Å²) in [6, 6.07) is 3.83. The summed E-state index contributed by atoms with van der Waals surface area (Å²) in [5.41, 5.74) is 4.52. The Kier molecular flexibility index (Phi) is 3.84. The predicted molar refractivity (Wildman–Crippen MR) is 80.0 cm³/mol. The van der Waals surface area contributed by atoms with Crippen LogP contribution in [0.15, 0.2) is 28.6 Å². The number of fused-ring (bicyclic) bond motifs is 1. The summed E-state index contributed by atoms with van der Waals surface area (Å²) in [4.78, 5) is 30.8. The van der Waals surface area contributed by atoms with Crippen LogP contribution in [0.25, 0.3) is 11.0 Å². The van der Waals surface area contributed by atoms with Crippen LogP contribution >= 0.6 is 0 Å². The highest BCUT2D eigenvalue weighted by Gasteiger charge is 2.09. The summed E-state index contributed by atoms with van der Waals surface area (Å²) >= 11 is 0.